The van der Waals surface area contributed by atoms with Crippen LogP contribution in [0, 0.1) is 6.92 Å². The number of aryl methyl sites for hydroxylation is 1. The molecule has 0 aliphatic rings. The predicted molar refractivity (Wildman–Crippen MR) is 62.0 cm³/mol. The topological polar surface area (TPSA) is 26.3 Å². The van der Waals surface area contributed by atoms with Gasteiger partial charge in [0.05, 0.1) is 5.88 Å². The molecule has 0 bridgehead atoms. The van der Waals surface area contributed by atoms with E-state index in [-0.39, 0.29) is 11.7 Å². The number of hydrogen-bond acceptors (Lipinski definition) is 2. The van der Waals surface area contributed by atoms with Crippen molar-refractivity contribution < 1.29 is 9.53 Å². The van der Waals surface area contributed by atoms with Crippen molar-refractivity contribution in [2.24, 2.45) is 0 Å². The Morgan fingerprint density at radius 3 is 2.73 bits per heavy atom. The lowest BCUT2D eigenvalue weighted by atomic mass is 10.2. The van der Waals surface area contributed by atoms with E-state index < -0.39 is 6.10 Å². The first-order valence-corrected chi connectivity index (χ1v) is 5.47. The van der Waals surface area contributed by atoms with E-state index >= 15 is 0 Å². The Hall–Kier alpha value is -0.730. The van der Waals surface area contributed by atoms with Gasteiger partial charge in [-0.25, -0.2) is 0 Å². The van der Waals surface area contributed by atoms with Crippen molar-refractivity contribution in [1.82, 2.24) is 0 Å². The van der Waals surface area contributed by atoms with Gasteiger partial charge in [0.2, 0.25) is 0 Å². The van der Waals surface area contributed by atoms with Gasteiger partial charge < -0.3 is 4.74 Å². The third-order valence-electron chi connectivity index (χ3n) is 2.03. The number of rotatable bonds is 4. The Labute approximate surface area is 99.1 Å². The van der Waals surface area contributed by atoms with E-state index in [9.17, 15) is 4.79 Å². The standard InChI is InChI=1S/C11H12Cl2O2/c1-7-5-9(13)3-4-11(7)15-8(2)10(14)6-12/h3-5,8H,6H2,1-2H3. The van der Waals surface area contributed by atoms with E-state index in [0.717, 1.165) is 5.56 Å². The smallest absolute Gasteiger partial charge is 0.187 e. The Morgan fingerprint density at radius 2 is 2.20 bits per heavy atom. The number of Topliss-reactive ketones (excluding diaryl/α,β-unsaturated/α-hetero) is 1. The molecule has 4 heteroatoms. The molecule has 1 aromatic rings. The van der Waals surface area contributed by atoms with E-state index in [2.05, 4.69) is 0 Å². The summed E-state index contributed by atoms with van der Waals surface area (Å²) < 4.78 is 5.46. The fourth-order valence-electron chi connectivity index (χ4n) is 1.11. The van der Waals surface area contributed by atoms with Crippen LogP contribution in [0.15, 0.2) is 18.2 Å². The van der Waals surface area contributed by atoms with Crippen LogP contribution in [0.25, 0.3) is 0 Å². The summed E-state index contributed by atoms with van der Waals surface area (Å²) in [6.07, 6.45) is -0.526. The molecule has 0 saturated carbocycles. The number of carbonyl (C=O) groups excluding carboxylic acids is 1. The van der Waals surface area contributed by atoms with Crippen molar-refractivity contribution in [3.05, 3.63) is 28.8 Å². The average molecular weight is 247 g/mol. The third kappa shape index (κ3) is 3.40. The zero-order valence-corrected chi connectivity index (χ0v) is 10.1. The van der Waals surface area contributed by atoms with Crippen molar-refractivity contribution in [2.75, 3.05) is 5.88 Å². The summed E-state index contributed by atoms with van der Waals surface area (Å²) in [5, 5.41) is 0.649. The molecule has 1 unspecified atom stereocenters. The van der Waals surface area contributed by atoms with Crippen LogP contribution in [0.2, 0.25) is 5.02 Å². The third-order valence-corrected chi connectivity index (χ3v) is 2.52. The number of ether oxygens (including phenoxy) is 1. The van der Waals surface area contributed by atoms with Gasteiger partial charge in [-0.05, 0) is 37.6 Å². The van der Waals surface area contributed by atoms with Crippen molar-refractivity contribution in [3.63, 3.8) is 0 Å². The first-order chi connectivity index (χ1) is 7.04. The van der Waals surface area contributed by atoms with Gasteiger partial charge in [0.25, 0.3) is 0 Å². The largest absolute Gasteiger partial charge is 0.483 e. The maximum absolute atomic E-state index is 11.2. The van der Waals surface area contributed by atoms with E-state index in [4.69, 9.17) is 27.9 Å². The molecule has 15 heavy (non-hydrogen) atoms. The second-order valence-corrected chi connectivity index (χ2v) is 3.97. The Bertz CT molecular complexity index is 364. The van der Waals surface area contributed by atoms with Crippen LogP contribution >= 0.6 is 23.2 Å². The molecule has 0 amide bonds. The monoisotopic (exact) mass is 246 g/mol. The first kappa shape index (κ1) is 12.3. The van der Waals surface area contributed by atoms with Gasteiger partial charge in [-0.2, -0.15) is 0 Å². The normalized spacial score (nSPS) is 12.3. The second kappa shape index (κ2) is 5.38. The molecule has 1 aromatic carbocycles. The minimum atomic E-state index is -0.526. The van der Waals surface area contributed by atoms with Crippen molar-refractivity contribution in [2.45, 2.75) is 20.0 Å². The molecule has 0 saturated heterocycles. The summed E-state index contributed by atoms with van der Waals surface area (Å²) in [6.45, 7) is 3.55. The number of benzene rings is 1. The molecule has 1 rings (SSSR count). The predicted octanol–water partition coefficient (Wildman–Crippen LogP) is 3.22. The van der Waals surface area contributed by atoms with Gasteiger partial charge in [-0.3, -0.25) is 4.79 Å². The zero-order chi connectivity index (χ0) is 11.4. The molecule has 2 nitrogen and oxygen atoms in total. The molecule has 0 fully saturated rings. The van der Waals surface area contributed by atoms with Crippen LogP contribution in [0.5, 0.6) is 5.75 Å². The molecule has 0 heterocycles. The SMILES string of the molecule is Cc1cc(Cl)ccc1OC(C)C(=O)CCl. The second-order valence-electron chi connectivity index (χ2n) is 3.27. The van der Waals surface area contributed by atoms with Gasteiger partial charge in [-0.1, -0.05) is 11.6 Å². The van der Waals surface area contributed by atoms with Crippen LogP contribution in [-0.2, 0) is 4.79 Å². The number of alkyl halides is 1. The fraction of sp³-hybridized carbons (Fsp3) is 0.364. The minimum absolute atomic E-state index is 0.0339. The van der Waals surface area contributed by atoms with Crippen molar-refractivity contribution in [3.8, 4) is 5.75 Å². The summed E-state index contributed by atoms with van der Waals surface area (Å²) in [6, 6.07) is 5.26. The molecule has 82 valence electrons. The summed E-state index contributed by atoms with van der Waals surface area (Å²) >= 11 is 11.2. The number of ketones is 1. The van der Waals surface area contributed by atoms with Crippen molar-refractivity contribution >= 4 is 29.0 Å². The summed E-state index contributed by atoms with van der Waals surface area (Å²) in [7, 11) is 0. The summed E-state index contributed by atoms with van der Waals surface area (Å²) in [4.78, 5) is 11.2. The lowest BCUT2D eigenvalue weighted by Gasteiger charge is -2.14. The van der Waals surface area contributed by atoms with E-state index in [1.165, 1.54) is 0 Å². The quantitative estimate of drug-likeness (QED) is 0.763. The highest BCUT2D eigenvalue weighted by Crippen LogP contribution is 2.22. The highest BCUT2D eigenvalue weighted by atomic mass is 35.5. The molecule has 0 aliphatic heterocycles. The van der Waals surface area contributed by atoms with Gasteiger partial charge >= 0.3 is 0 Å². The lowest BCUT2D eigenvalue weighted by molar-refractivity contribution is -0.122. The fourth-order valence-corrected chi connectivity index (χ4v) is 1.55. The van der Waals surface area contributed by atoms with E-state index in [1.54, 1.807) is 25.1 Å². The Balaban J connectivity index is 2.76. The van der Waals surface area contributed by atoms with Crippen molar-refractivity contribution in [1.29, 1.82) is 0 Å². The van der Waals surface area contributed by atoms with Crippen LogP contribution in [0.1, 0.15) is 12.5 Å². The van der Waals surface area contributed by atoms with E-state index in [1.807, 2.05) is 6.92 Å². The molecule has 0 aromatic heterocycles. The number of hydrogen-bond donors (Lipinski definition) is 0. The minimum Gasteiger partial charge on any atom is -0.483 e. The summed E-state index contributed by atoms with van der Waals surface area (Å²) in [5.74, 6) is 0.491. The van der Waals surface area contributed by atoms with E-state index in [0.29, 0.717) is 10.8 Å². The molecular formula is C11H12Cl2O2. The van der Waals surface area contributed by atoms with Crippen LogP contribution in [0.3, 0.4) is 0 Å². The Morgan fingerprint density at radius 1 is 1.53 bits per heavy atom. The molecular weight excluding hydrogens is 235 g/mol. The molecule has 0 N–H and O–H groups in total. The highest BCUT2D eigenvalue weighted by Gasteiger charge is 2.14. The molecule has 0 aliphatic carbocycles. The van der Waals surface area contributed by atoms with Gasteiger partial charge in [0, 0.05) is 5.02 Å². The first-order valence-electron chi connectivity index (χ1n) is 4.56. The highest BCUT2D eigenvalue weighted by molar-refractivity contribution is 6.30. The molecule has 1 atom stereocenters. The number of carbonyl (C=O) groups is 1. The summed E-state index contributed by atoms with van der Waals surface area (Å²) in [5.41, 5.74) is 0.900. The average Bonchev–Trinajstić information content (AvgIpc) is 2.20. The van der Waals surface area contributed by atoms with Gasteiger partial charge in [0.1, 0.15) is 5.75 Å². The molecule has 0 radical (unpaired) electrons. The van der Waals surface area contributed by atoms with Gasteiger partial charge in [0.15, 0.2) is 11.9 Å². The maximum Gasteiger partial charge on any atom is 0.187 e. The maximum atomic E-state index is 11.2. The lowest BCUT2D eigenvalue weighted by Crippen LogP contribution is -2.25. The van der Waals surface area contributed by atoms with Crippen LogP contribution in [0.4, 0.5) is 0 Å². The Kier molecular flexibility index (Phi) is 4.43. The van der Waals surface area contributed by atoms with Crippen LogP contribution < -0.4 is 4.74 Å². The number of halogens is 2. The molecule has 0 spiro atoms. The zero-order valence-electron chi connectivity index (χ0n) is 8.59. The van der Waals surface area contributed by atoms with Crippen LogP contribution in [-0.4, -0.2) is 17.8 Å². The van der Waals surface area contributed by atoms with Gasteiger partial charge in [-0.15, -0.1) is 11.6 Å².